The van der Waals surface area contributed by atoms with Crippen LogP contribution in [0.3, 0.4) is 0 Å². The minimum atomic E-state index is -1.10. The third-order valence-electron chi connectivity index (χ3n) is 2.39. The Morgan fingerprint density at radius 3 is 1.89 bits per heavy atom. The van der Waals surface area contributed by atoms with E-state index in [2.05, 4.69) is 0 Å². The highest BCUT2D eigenvalue weighted by Gasteiger charge is 2.19. The fourth-order valence-corrected chi connectivity index (χ4v) is 1.91. The Morgan fingerprint density at radius 1 is 0.895 bits per heavy atom. The maximum absolute atomic E-state index is 12.0. The summed E-state index contributed by atoms with van der Waals surface area (Å²) in [5.74, 6) is 0.153. The molecule has 1 unspecified atom stereocenters. The van der Waals surface area contributed by atoms with Gasteiger partial charge in [0.15, 0.2) is 0 Å². The topological polar surface area (TPSA) is 26.3 Å². The molecule has 2 rings (SSSR count). The SMILES string of the molecule is O=C(c1ccc(Cl)cc1)C(Cl)Oc1ccc(Cl)cc1. The van der Waals surface area contributed by atoms with Crippen molar-refractivity contribution in [1.29, 1.82) is 0 Å². The van der Waals surface area contributed by atoms with Crippen molar-refractivity contribution in [2.75, 3.05) is 0 Å². The van der Waals surface area contributed by atoms with Crippen molar-refractivity contribution in [3.63, 3.8) is 0 Å². The second kappa shape index (κ2) is 6.29. The first-order valence-corrected chi connectivity index (χ1v) is 6.61. The van der Waals surface area contributed by atoms with Crippen LogP contribution in [0.4, 0.5) is 0 Å². The van der Waals surface area contributed by atoms with Crippen LogP contribution in [0.1, 0.15) is 10.4 Å². The van der Waals surface area contributed by atoms with Crippen LogP contribution in [-0.4, -0.2) is 11.3 Å². The van der Waals surface area contributed by atoms with Crippen molar-refractivity contribution in [3.05, 3.63) is 64.1 Å². The molecule has 0 aliphatic heterocycles. The van der Waals surface area contributed by atoms with E-state index in [1.165, 1.54) is 0 Å². The maximum Gasteiger partial charge on any atom is 0.234 e. The maximum atomic E-state index is 12.0. The van der Waals surface area contributed by atoms with Crippen LogP contribution in [0.15, 0.2) is 48.5 Å². The molecule has 1 atom stereocenters. The van der Waals surface area contributed by atoms with Gasteiger partial charge in [-0.2, -0.15) is 0 Å². The van der Waals surface area contributed by atoms with E-state index in [1.54, 1.807) is 48.5 Å². The highest BCUT2D eigenvalue weighted by atomic mass is 35.5. The summed E-state index contributed by atoms with van der Waals surface area (Å²) in [6.45, 7) is 0. The summed E-state index contributed by atoms with van der Waals surface area (Å²) >= 11 is 17.4. The fraction of sp³-hybridized carbons (Fsp3) is 0.0714. The van der Waals surface area contributed by atoms with Crippen molar-refractivity contribution < 1.29 is 9.53 Å². The van der Waals surface area contributed by atoms with Crippen molar-refractivity contribution >= 4 is 40.6 Å². The molecule has 2 nitrogen and oxygen atoms in total. The summed E-state index contributed by atoms with van der Waals surface area (Å²) in [4.78, 5) is 12.0. The van der Waals surface area contributed by atoms with Gasteiger partial charge in [0.05, 0.1) is 0 Å². The molecule has 2 aromatic carbocycles. The number of hydrogen-bond acceptors (Lipinski definition) is 2. The van der Waals surface area contributed by atoms with Gasteiger partial charge in [0, 0.05) is 15.6 Å². The van der Waals surface area contributed by atoms with Crippen LogP contribution in [0.2, 0.25) is 10.0 Å². The van der Waals surface area contributed by atoms with Crippen LogP contribution in [0, 0.1) is 0 Å². The zero-order chi connectivity index (χ0) is 13.8. The molecule has 0 aliphatic rings. The molecule has 0 radical (unpaired) electrons. The van der Waals surface area contributed by atoms with E-state index in [-0.39, 0.29) is 5.78 Å². The molecule has 0 aliphatic carbocycles. The van der Waals surface area contributed by atoms with Crippen molar-refractivity contribution in [2.45, 2.75) is 5.56 Å². The van der Waals surface area contributed by atoms with Crippen LogP contribution in [0.25, 0.3) is 0 Å². The van der Waals surface area contributed by atoms with E-state index < -0.39 is 5.56 Å². The molecule has 0 spiro atoms. The third-order valence-corrected chi connectivity index (χ3v) is 3.18. The monoisotopic (exact) mass is 314 g/mol. The number of rotatable bonds is 4. The van der Waals surface area contributed by atoms with Crippen LogP contribution < -0.4 is 4.74 Å². The summed E-state index contributed by atoms with van der Waals surface area (Å²) in [6, 6.07) is 13.1. The number of ether oxygens (including phenoxy) is 1. The number of alkyl halides is 1. The smallest absolute Gasteiger partial charge is 0.234 e. The Morgan fingerprint density at radius 2 is 1.37 bits per heavy atom. The van der Waals surface area contributed by atoms with E-state index in [4.69, 9.17) is 39.5 Å². The molecule has 19 heavy (non-hydrogen) atoms. The molecule has 2 aromatic rings. The van der Waals surface area contributed by atoms with E-state index in [0.717, 1.165) is 0 Å². The molecule has 0 aromatic heterocycles. The number of hydrogen-bond donors (Lipinski definition) is 0. The van der Waals surface area contributed by atoms with Gasteiger partial charge in [0.2, 0.25) is 11.3 Å². The molecule has 0 N–H and O–H groups in total. The molecule has 98 valence electrons. The van der Waals surface area contributed by atoms with E-state index >= 15 is 0 Å². The van der Waals surface area contributed by atoms with Gasteiger partial charge in [-0.25, -0.2) is 0 Å². The van der Waals surface area contributed by atoms with Crippen LogP contribution >= 0.6 is 34.8 Å². The van der Waals surface area contributed by atoms with Gasteiger partial charge in [-0.3, -0.25) is 4.79 Å². The predicted molar refractivity (Wildman–Crippen MR) is 77.5 cm³/mol. The van der Waals surface area contributed by atoms with E-state index in [1.807, 2.05) is 0 Å². The first-order chi connectivity index (χ1) is 9.06. The van der Waals surface area contributed by atoms with Crippen LogP contribution in [-0.2, 0) is 0 Å². The van der Waals surface area contributed by atoms with E-state index in [0.29, 0.717) is 21.4 Å². The fourth-order valence-electron chi connectivity index (χ4n) is 1.43. The molecular formula is C14H9Cl3O2. The predicted octanol–water partition coefficient (Wildman–Crippen LogP) is 4.82. The molecule has 0 saturated heterocycles. The number of Topliss-reactive ketones (excluding diaryl/α,β-unsaturated/α-hetero) is 1. The minimum absolute atomic E-state index is 0.326. The average Bonchev–Trinajstić information content (AvgIpc) is 2.41. The van der Waals surface area contributed by atoms with Gasteiger partial charge < -0.3 is 4.74 Å². The summed E-state index contributed by atoms with van der Waals surface area (Å²) in [7, 11) is 0. The van der Waals surface area contributed by atoms with Gasteiger partial charge in [-0.1, -0.05) is 34.8 Å². The minimum Gasteiger partial charge on any atom is -0.467 e. The molecule has 0 saturated carbocycles. The van der Waals surface area contributed by atoms with Gasteiger partial charge >= 0.3 is 0 Å². The number of ketones is 1. The Kier molecular flexibility index (Phi) is 4.70. The lowest BCUT2D eigenvalue weighted by Crippen LogP contribution is -2.21. The summed E-state index contributed by atoms with van der Waals surface area (Å²) in [5, 5.41) is 1.14. The van der Waals surface area contributed by atoms with Crippen molar-refractivity contribution in [2.24, 2.45) is 0 Å². The highest BCUT2D eigenvalue weighted by Crippen LogP contribution is 2.20. The molecule has 0 fully saturated rings. The Balaban J connectivity index is 2.07. The summed E-state index contributed by atoms with van der Waals surface area (Å²) in [5.41, 5.74) is -0.652. The molecular weight excluding hydrogens is 307 g/mol. The molecule has 5 heteroatoms. The van der Waals surface area contributed by atoms with Crippen molar-refractivity contribution in [1.82, 2.24) is 0 Å². The van der Waals surface area contributed by atoms with Gasteiger partial charge in [0.1, 0.15) is 5.75 Å². The van der Waals surface area contributed by atoms with Crippen LogP contribution in [0.5, 0.6) is 5.75 Å². The first kappa shape index (κ1) is 14.2. The lowest BCUT2D eigenvalue weighted by molar-refractivity contribution is 0.0885. The Hall–Kier alpha value is -1.22. The third kappa shape index (κ3) is 3.87. The lowest BCUT2D eigenvalue weighted by Gasteiger charge is -2.11. The zero-order valence-electron chi connectivity index (χ0n) is 9.65. The molecule has 0 amide bonds. The van der Waals surface area contributed by atoms with Crippen molar-refractivity contribution in [3.8, 4) is 5.75 Å². The zero-order valence-corrected chi connectivity index (χ0v) is 11.9. The number of carbonyl (C=O) groups is 1. The van der Waals surface area contributed by atoms with E-state index in [9.17, 15) is 4.79 Å². The summed E-state index contributed by atoms with van der Waals surface area (Å²) in [6.07, 6.45) is 0. The second-order valence-corrected chi connectivity index (χ2v) is 5.03. The largest absolute Gasteiger partial charge is 0.467 e. The number of benzene rings is 2. The quantitative estimate of drug-likeness (QED) is 0.597. The van der Waals surface area contributed by atoms with Gasteiger partial charge in [-0.15, -0.1) is 0 Å². The molecule has 0 heterocycles. The highest BCUT2D eigenvalue weighted by molar-refractivity contribution is 6.33. The molecule has 0 bridgehead atoms. The standard InChI is InChI=1S/C14H9Cl3O2/c15-10-3-1-9(2-4-10)13(18)14(17)19-12-7-5-11(16)6-8-12/h1-8,14H. The Labute approximate surface area is 125 Å². The Bertz CT molecular complexity index is 564. The number of carbonyl (C=O) groups excluding carboxylic acids is 1. The number of halogens is 3. The average molecular weight is 316 g/mol. The second-order valence-electron chi connectivity index (χ2n) is 3.76. The first-order valence-electron chi connectivity index (χ1n) is 5.42. The lowest BCUT2D eigenvalue weighted by atomic mass is 10.1. The normalized spacial score (nSPS) is 11.9. The van der Waals surface area contributed by atoms with Gasteiger partial charge in [-0.05, 0) is 48.5 Å². The van der Waals surface area contributed by atoms with Gasteiger partial charge in [0.25, 0.3) is 0 Å². The summed E-state index contributed by atoms with van der Waals surface area (Å²) < 4.78 is 5.34.